The molecule has 0 atom stereocenters. The molecule has 0 saturated heterocycles. The van der Waals surface area contributed by atoms with E-state index in [-0.39, 0.29) is 0 Å². The van der Waals surface area contributed by atoms with Crippen LogP contribution in [0.3, 0.4) is 0 Å². The molecule has 0 radical (unpaired) electrons. The Morgan fingerprint density at radius 1 is 1.04 bits per heavy atom. The molecule has 0 bridgehead atoms. The summed E-state index contributed by atoms with van der Waals surface area (Å²) in [6.07, 6.45) is 26.9. The third-order valence-electron chi connectivity index (χ3n) is 5.31. The van der Waals surface area contributed by atoms with Crippen LogP contribution < -0.4 is 0 Å². The van der Waals surface area contributed by atoms with E-state index in [1.807, 2.05) is 13.8 Å². The normalized spacial score (nSPS) is 15.0. The van der Waals surface area contributed by atoms with Gasteiger partial charge < -0.3 is 0 Å². The maximum atomic E-state index is 4.00. The zero-order valence-corrected chi connectivity index (χ0v) is 18.3. The van der Waals surface area contributed by atoms with Crippen molar-refractivity contribution in [2.45, 2.75) is 106 Å². The molecule has 1 fully saturated rings. The van der Waals surface area contributed by atoms with Gasteiger partial charge in [-0.25, -0.2) is 0 Å². The molecular formula is C25H44. The first-order valence-electron chi connectivity index (χ1n) is 10.5. The molecule has 0 aromatic rings. The maximum Gasteiger partial charge on any atom is -0.00528 e. The number of rotatable bonds is 6. The molecule has 2 aliphatic carbocycles. The van der Waals surface area contributed by atoms with E-state index in [4.69, 9.17) is 0 Å². The molecule has 0 N–H and O–H groups in total. The summed E-state index contributed by atoms with van der Waals surface area (Å²) in [6, 6.07) is 0. The summed E-state index contributed by atoms with van der Waals surface area (Å²) < 4.78 is 0. The summed E-state index contributed by atoms with van der Waals surface area (Å²) in [4.78, 5) is 0. The first-order valence-corrected chi connectivity index (χ1v) is 10.5. The van der Waals surface area contributed by atoms with Gasteiger partial charge in [0.25, 0.3) is 0 Å². The van der Waals surface area contributed by atoms with Gasteiger partial charge in [-0.2, -0.15) is 0 Å². The summed E-state index contributed by atoms with van der Waals surface area (Å²) in [5.41, 5.74) is 5.40. The largest absolute Gasteiger partial charge is 0.124 e. The number of terminal acetylenes is 1. The van der Waals surface area contributed by atoms with Crippen molar-refractivity contribution in [3.63, 3.8) is 0 Å². The van der Waals surface area contributed by atoms with Crippen molar-refractivity contribution >= 4 is 0 Å². The summed E-state index contributed by atoms with van der Waals surface area (Å²) >= 11 is 0. The van der Waals surface area contributed by atoms with E-state index >= 15 is 0 Å². The molecule has 0 nitrogen and oxygen atoms in total. The predicted octanol–water partition coefficient (Wildman–Crippen LogP) is 8.65. The van der Waals surface area contributed by atoms with Crippen LogP contribution >= 0.6 is 0 Å². The molecule has 144 valence electrons. The van der Waals surface area contributed by atoms with Gasteiger partial charge in [0.1, 0.15) is 0 Å². The second-order valence-corrected chi connectivity index (χ2v) is 6.66. The molecule has 2 rings (SSSR count). The topological polar surface area (TPSA) is 0 Å². The molecule has 0 unspecified atom stereocenters. The first-order chi connectivity index (χ1) is 12.1. The van der Waals surface area contributed by atoms with Crippen molar-refractivity contribution in [2.75, 3.05) is 0 Å². The van der Waals surface area contributed by atoms with Gasteiger partial charge in [-0.15, -0.1) is 12.8 Å². The molecule has 0 spiro atoms. The molecule has 0 amide bonds. The average Bonchev–Trinajstić information content (AvgIpc) is 3.07. The lowest BCUT2D eigenvalue weighted by Crippen LogP contribution is -2.21. The van der Waals surface area contributed by atoms with Crippen molar-refractivity contribution in [3.05, 3.63) is 34.9 Å². The first kappa shape index (κ1) is 26.0. The molecule has 2 aliphatic rings. The summed E-state index contributed by atoms with van der Waals surface area (Å²) in [5.74, 6) is 0. The Kier molecular flexibility index (Phi) is 16.9. The van der Waals surface area contributed by atoms with E-state index in [1.165, 1.54) is 57.8 Å². The van der Waals surface area contributed by atoms with Gasteiger partial charge in [0.15, 0.2) is 0 Å². The molecular weight excluding hydrogens is 300 g/mol. The van der Waals surface area contributed by atoms with Gasteiger partial charge in [-0.3, -0.25) is 0 Å². The van der Waals surface area contributed by atoms with Crippen LogP contribution in [0.5, 0.6) is 0 Å². The van der Waals surface area contributed by atoms with E-state index in [1.54, 1.807) is 16.7 Å². The molecule has 0 heterocycles. The molecule has 0 aliphatic heterocycles. The zero-order chi connectivity index (χ0) is 19.7. The minimum absolute atomic E-state index is 0.478. The molecule has 1 saturated carbocycles. The van der Waals surface area contributed by atoms with E-state index < -0.39 is 0 Å². The Hall–Kier alpha value is -1.22. The lowest BCUT2D eigenvalue weighted by Gasteiger charge is -2.33. The minimum atomic E-state index is 0.478. The van der Waals surface area contributed by atoms with Gasteiger partial charge in [0, 0.05) is 0 Å². The quantitative estimate of drug-likeness (QED) is 0.334. The summed E-state index contributed by atoms with van der Waals surface area (Å²) in [5, 5.41) is 0. The van der Waals surface area contributed by atoms with Crippen molar-refractivity contribution in [1.29, 1.82) is 0 Å². The van der Waals surface area contributed by atoms with E-state index in [0.717, 1.165) is 0 Å². The Bertz CT molecular complexity index is 418. The van der Waals surface area contributed by atoms with Gasteiger partial charge in [0.2, 0.25) is 0 Å². The Morgan fingerprint density at radius 3 is 1.84 bits per heavy atom. The van der Waals surface area contributed by atoms with Crippen LogP contribution in [0.25, 0.3) is 0 Å². The van der Waals surface area contributed by atoms with Crippen LogP contribution in [0.2, 0.25) is 0 Å². The fourth-order valence-electron chi connectivity index (χ4n) is 3.71. The van der Waals surface area contributed by atoms with Gasteiger partial charge in [0.05, 0.1) is 0 Å². The van der Waals surface area contributed by atoms with Crippen LogP contribution in [0.1, 0.15) is 106 Å². The standard InChI is InChI=1S/C14H24.C7H12.C2H6.C2H2/c1-5-11-14(6-2,7-3)13-10-8-9-12(13)4;1-2-4-7-5-3-6-7;2*1-2/h8,10H,5-7,9,11H2,1-4H3;4H,2-3,5-6H2,1H3;1-2H3;1-2H. The van der Waals surface area contributed by atoms with Crippen molar-refractivity contribution in [3.8, 4) is 12.8 Å². The lowest BCUT2D eigenvalue weighted by atomic mass is 9.71. The minimum Gasteiger partial charge on any atom is -0.124 e. The smallest absolute Gasteiger partial charge is 0.00528 e. The van der Waals surface area contributed by atoms with E-state index in [0.29, 0.717) is 5.41 Å². The fourth-order valence-corrected chi connectivity index (χ4v) is 3.71. The average molecular weight is 345 g/mol. The number of hydrogen-bond acceptors (Lipinski definition) is 0. The number of hydrogen-bond donors (Lipinski definition) is 0. The van der Waals surface area contributed by atoms with Crippen molar-refractivity contribution < 1.29 is 0 Å². The fraction of sp³-hybridized carbons (Fsp3) is 0.680. The Morgan fingerprint density at radius 2 is 1.60 bits per heavy atom. The second-order valence-electron chi connectivity index (χ2n) is 6.66. The molecule has 0 heteroatoms. The third-order valence-corrected chi connectivity index (χ3v) is 5.31. The SMILES string of the molecule is C#C.CC.CCC=C1CCC1.CCCC(CC)(CC)C1=C(C)CC=C1. The predicted molar refractivity (Wildman–Crippen MR) is 118 cm³/mol. The molecule has 25 heavy (non-hydrogen) atoms. The van der Waals surface area contributed by atoms with Crippen molar-refractivity contribution in [2.24, 2.45) is 5.41 Å². The summed E-state index contributed by atoms with van der Waals surface area (Å²) in [7, 11) is 0. The van der Waals surface area contributed by atoms with Crippen LogP contribution in [0.4, 0.5) is 0 Å². The Labute approximate surface area is 159 Å². The highest BCUT2D eigenvalue weighted by Gasteiger charge is 2.30. The zero-order valence-electron chi connectivity index (χ0n) is 18.3. The van der Waals surface area contributed by atoms with Gasteiger partial charge >= 0.3 is 0 Å². The lowest BCUT2D eigenvalue weighted by molar-refractivity contribution is 0.303. The monoisotopic (exact) mass is 344 g/mol. The maximum absolute atomic E-state index is 4.00. The highest BCUT2D eigenvalue weighted by atomic mass is 14.3. The van der Waals surface area contributed by atoms with Gasteiger partial charge in [-0.05, 0) is 69.3 Å². The van der Waals surface area contributed by atoms with E-state index in [2.05, 4.69) is 65.7 Å². The highest BCUT2D eigenvalue weighted by molar-refractivity contribution is 5.38. The van der Waals surface area contributed by atoms with Crippen molar-refractivity contribution in [1.82, 2.24) is 0 Å². The van der Waals surface area contributed by atoms with Crippen LogP contribution in [0.15, 0.2) is 34.9 Å². The molecule has 0 aromatic heterocycles. The van der Waals surface area contributed by atoms with Crippen LogP contribution in [0, 0.1) is 18.3 Å². The van der Waals surface area contributed by atoms with Crippen LogP contribution in [-0.4, -0.2) is 0 Å². The highest BCUT2D eigenvalue weighted by Crippen LogP contribution is 2.44. The third kappa shape index (κ3) is 8.62. The van der Waals surface area contributed by atoms with Crippen LogP contribution in [-0.2, 0) is 0 Å². The second kappa shape index (κ2) is 16.3. The number of allylic oxidation sites excluding steroid dienone is 6. The van der Waals surface area contributed by atoms with Gasteiger partial charge in [-0.1, -0.05) is 77.3 Å². The molecule has 0 aromatic carbocycles. The van der Waals surface area contributed by atoms with E-state index in [9.17, 15) is 0 Å². The Balaban J connectivity index is 0. The summed E-state index contributed by atoms with van der Waals surface area (Å²) in [6.45, 7) is 15.5.